The Hall–Kier alpha value is -2.95. The van der Waals surface area contributed by atoms with Crippen molar-refractivity contribution in [1.29, 1.82) is 0 Å². The number of aryl methyl sites for hydroxylation is 2. The van der Waals surface area contributed by atoms with Crippen molar-refractivity contribution in [3.8, 4) is 11.4 Å². The molecule has 1 aliphatic heterocycles. The number of carbonyl (C=O) groups is 1. The van der Waals surface area contributed by atoms with Crippen molar-refractivity contribution < 1.29 is 9.32 Å². The van der Waals surface area contributed by atoms with Crippen LogP contribution in [0.3, 0.4) is 0 Å². The van der Waals surface area contributed by atoms with Crippen molar-refractivity contribution in [2.24, 2.45) is 0 Å². The van der Waals surface area contributed by atoms with Crippen LogP contribution in [0, 0.1) is 13.8 Å². The Labute approximate surface area is 146 Å². The van der Waals surface area contributed by atoms with Gasteiger partial charge in [-0.3, -0.25) is 4.79 Å². The fourth-order valence-corrected chi connectivity index (χ4v) is 3.31. The standard InChI is InChI=1S/C20H19N3O2/c1-13-8-9-17(14(2)10-13)19-21-20(25-22-19)15-11-18(24)23(12-15)16-6-4-3-5-7-16/h3-10,15H,11-12H2,1-2H3. The predicted octanol–water partition coefficient (Wildman–Crippen LogP) is 3.87. The molecule has 0 radical (unpaired) electrons. The zero-order valence-corrected chi connectivity index (χ0v) is 14.3. The van der Waals surface area contributed by atoms with Gasteiger partial charge in [0.1, 0.15) is 0 Å². The molecule has 126 valence electrons. The molecule has 3 aromatic rings. The van der Waals surface area contributed by atoms with Crippen molar-refractivity contribution in [1.82, 2.24) is 10.1 Å². The molecule has 5 heteroatoms. The van der Waals surface area contributed by atoms with Crippen LogP contribution in [0.15, 0.2) is 53.1 Å². The molecule has 0 saturated carbocycles. The summed E-state index contributed by atoms with van der Waals surface area (Å²) in [5.74, 6) is 1.13. The minimum absolute atomic E-state index is 0.0697. The molecular weight excluding hydrogens is 314 g/mol. The molecule has 2 aromatic carbocycles. The Bertz CT molecular complexity index is 918. The Balaban J connectivity index is 1.58. The molecule has 1 aliphatic rings. The molecule has 5 nitrogen and oxygen atoms in total. The fourth-order valence-electron chi connectivity index (χ4n) is 3.31. The minimum Gasteiger partial charge on any atom is -0.339 e. The maximum atomic E-state index is 12.4. The van der Waals surface area contributed by atoms with Crippen LogP contribution in [0.4, 0.5) is 5.69 Å². The lowest BCUT2D eigenvalue weighted by molar-refractivity contribution is -0.117. The lowest BCUT2D eigenvalue weighted by atomic mass is 10.1. The summed E-state index contributed by atoms with van der Waals surface area (Å²) in [7, 11) is 0. The van der Waals surface area contributed by atoms with Crippen LogP contribution in [0.2, 0.25) is 0 Å². The molecule has 0 spiro atoms. The normalized spacial score (nSPS) is 17.3. The topological polar surface area (TPSA) is 59.2 Å². The van der Waals surface area contributed by atoms with Gasteiger partial charge < -0.3 is 9.42 Å². The van der Waals surface area contributed by atoms with E-state index in [1.165, 1.54) is 5.56 Å². The third-order valence-corrected chi connectivity index (χ3v) is 4.61. The van der Waals surface area contributed by atoms with Gasteiger partial charge in [0.05, 0.1) is 5.92 Å². The van der Waals surface area contributed by atoms with Gasteiger partial charge in [-0.25, -0.2) is 0 Å². The van der Waals surface area contributed by atoms with Gasteiger partial charge in [0, 0.05) is 24.2 Å². The summed E-state index contributed by atoms with van der Waals surface area (Å²) < 4.78 is 5.48. The molecule has 4 rings (SSSR count). The number of rotatable bonds is 3. The average Bonchev–Trinajstić information content (AvgIpc) is 3.22. The van der Waals surface area contributed by atoms with Crippen molar-refractivity contribution in [2.75, 3.05) is 11.4 Å². The number of amides is 1. The second kappa shape index (κ2) is 6.16. The SMILES string of the molecule is Cc1ccc(-c2noc(C3CC(=O)N(c4ccccc4)C3)n2)c(C)c1. The second-order valence-electron chi connectivity index (χ2n) is 6.52. The van der Waals surface area contributed by atoms with Gasteiger partial charge in [-0.1, -0.05) is 47.1 Å². The van der Waals surface area contributed by atoms with Crippen molar-refractivity contribution in [2.45, 2.75) is 26.2 Å². The van der Waals surface area contributed by atoms with E-state index < -0.39 is 0 Å². The first-order valence-electron chi connectivity index (χ1n) is 8.38. The van der Waals surface area contributed by atoms with Crippen molar-refractivity contribution in [3.05, 3.63) is 65.5 Å². The number of aromatic nitrogens is 2. The Kier molecular flexibility index (Phi) is 3.84. The van der Waals surface area contributed by atoms with Gasteiger partial charge in [-0.05, 0) is 31.5 Å². The Morgan fingerprint density at radius 2 is 1.92 bits per heavy atom. The lowest BCUT2D eigenvalue weighted by Crippen LogP contribution is -2.24. The molecule has 0 aliphatic carbocycles. The molecule has 0 N–H and O–H groups in total. The number of anilines is 1. The summed E-state index contributed by atoms with van der Waals surface area (Å²) in [6.07, 6.45) is 0.392. The zero-order valence-electron chi connectivity index (χ0n) is 14.3. The summed E-state index contributed by atoms with van der Waals surface area (Å²) in [6.45, 7) is 4.66. The number of carbonyl (C=O) groups excluding carboxylic acids is 1. The van der Waals surface area contributed by atoms with E-state index in [1.807, 2.05) is 49.4 Å². The quantitative estimate of drug-likeness (QED) is 0.730. The van der Waals surface area contributed by atoms with E-state index in [9.17, 15) is 4.79 Å². The molecule has 1 aromatic heterocycles. The van der Waals surface area contributed by atoms with Gasteiger partial charge in [-0.2, -0.15) is 4.98 Å². The first kappa shape index (κ1) is 15.6. The highest BCUT2D eigenvalue weighted by molar-refractivity contribution is 5.96. The first-order chi connectivity index (χ1) is 12.1. The molecule has 1 amide bonds. The number of para-hydroxylation sites is 1. The summed E-state index contributed by atoms with van der Waals surface area (Å²) in [4.78, 5) is 18.7. The van der Waals surface area contributed by atoms with Crippen LogP contribution in [0.5, 0.6) is 0 Å². The molecule has 1 unspecified atom stereocenters. The van der Waals surface area contributed by atoms with Crippen LogP contribution >= 0.6 is 0 Å². The highest BCUT2D eigenvalue weighted by Crippen LogP contribution is 2.32. The van der Waals surface area contributed by atoms with E-state index in [1.54, 1.807) is 4.90 Å². The molecule has 1 fully saturated rings. The smallest absolute Gasteiger partial charge is 0.232 e. The van der Waals surface area contributed by atoms with E-state index in [0.717, 1.165) is 16.8 Å². The number of benzene rings is 2. The monoisotopic (exact) mass is 333 g/mol. The van der Waals surface area contributed by atoms with Gasteiger partial charge in [-0.15, -0.1) is 0 Å². The molecule has 1 atom stereocenters. The second-order valence-corrected chi connectivity index (χ2v) is 6.52. The predicted molar refractivity (Wildman–Crippen MR) is 95.4 cm³/mol. The number of hydrogen-bond acceptors (Lipinski definition) is 4. The molecule has 1 saturated heterocycles. The van der Waals surface area contributed by atoms with Crippen molar-refractivity contribution in [3.63, 3.8) is 0 Å². The summed E-state index contributed by atoms with van der Waals surface area (Å²) in [5.41, 5.74) is 4.18. The van der Waals surface area contributed by atoms with Gasteiger partial charge in [0.25, 0.3) is 0 Å². The maximum Gasteiger partial charge on any atom is 0.232 e. The summed E-state index contributed by atoms with van der Waals surface area (Å²) in [5, 5.41) is 4.13. The fraction of sp³-hybridized carbons (Fsp3) is 0.250. The van der Waals surface area contributed by atoms with Gasteiger partial charge in [0.15, 0.2) is 0 Å². The Morgan fingerprint density at radius 1 is 1.12 bits per heavy atom. The third kappa shape index (κ3) is 2.93. The first-order valence-corrected chi connectivity index (χ1v) is 8.38. The van der Waals surface area contributed by atoms with Gasteiger partial charge in [0.2, 0.25) is 17.6 Å². The van der Waals surface area contributed by atoms with E-state index in [2.05, 4.69) is 23.1 Å². The van der Waals surface area contributed by atoms with E-state index in [0.29, 0.717) is 24.7 Å². The summed E-state index contributed by atoms with van der Waals surface area (Å²) >= 11 is 0. The number of hydrogen-bond donors (Lipinski definition) is 0. The molecular formula is C20H19N3O2. The molecule has 2 heterocycles. The highest BCUT2D eigenvalue weighted by Gasteiger charge is 2.35. The summed E-state index contributed by atoms with van der Waals surface area (Å²) in [6, 6.07) is 15.8. The number of nitrogens with zero attached hydrogens (tertiary/aromatic N) is 3. The van der Waals surface area contributed by atoms with Gasteiger partial charge >= 0.3 is 0 Å². The maximum absolute atomic E-state index is 12.4. The van der Waals surface area contributed by atoms with E-state index in [-0.39, 0.29) is 11.8 Å². The largest absolute Gasteiger partial charge is 0.339 e. The Morgan fingerprint density at radius 3 is 2.68 bits per heavy atom. The zero-order chi connectivity index (χ0) is 17.4. The van der Waals surface area contributed by atoms with Crippen molar-refractivity contribution >= 4 is 11.6 Å². The van der Waals surface area contributed by atoms with Crippen LogP contribution in [-0.2, 0) is 4.79 Å². The lowest BCUT2D eigenvalue weighted by Gasteiger charge is -2.15. The average molecular weight is 333 g/mol. The minimum atomic E-state index is -0.0697. The molecule has 0 bridgehead atoms. The molecule has 25 heavy (non-hydrogen) atoms. The highest BCUT2D eigenvalue weighted by atomic mass is 16.5. The van der Waals surface area contributed by atoms with Crippen LogP contribution in [0.25, 0.3) is 11.4 Å². The van der Waals surface area contributed by atoms with Crippen LogP contribution < -0.4 is 4.90 Å². The van der Waals surface area contributed by atoms with Crippen LogP contribution in [-0.4, -0.2) is 22.6 Å². The third-order valence-electron chi connectivity index (χ3n) is 4.61. The van der Waals surface area contributed by atoms with E-state index >= 15 is 0 Å². The van der Waals surface area contributed by atoms with Crippen LogP contribution in [0.1, 0.15) is 29.4 Å². The van der Waals surface area contributed by atoms with E-state index in [4.69, 9.17) is 4.52 Å².